The molecular formula is C49H95NO3. The highest BCUT2D eigenvalue weighted by molar-refractivity contribution is 5.76. The Labute approximate surface area is 332 Å². The molecule has 4 heteroatoms. The molecule has 0 aliphatic heterocycles. The van der Waals surface area contributed by atoms with Crippen molar-refractivity contribution in [2.24, 2.45) is 0 Å². The molecule has 2 unspecified atom stereocenters. The molecule has 0 aromatic rings. The lowest BCUT2D eigenvalue weighted by Crippen LogP contribution is -2.45. The third-order valence-corrected chi connectivity index (χ3v) is 11.2. The van der Waals surface area contributed by atoms with E-state index >= 15 is 0 Å². The van der Waals surface area contributed by atoms with Gasteiger partial charge in [0.25, 0.3) is 0 Å². The summed E-state index contributed by atoms with van der Waals surface area (Å²) in [7, 11) is 0. The van der Waals surface area contributed by atoms with Crippen LogP contribution in [0.2, 0.25) is 0 Å². The number of nitrogens with one attached hydrogen (secondary N) is 1. The first-order valence-corrected chi connectivity index (χ1v) is 24.1. The smallest absolute Gasteiger partial charge is 0.220 e. The predicted octanol–water partition coefficient (Wildman–Crippen LogP) is 15.2. The van der Waals surface area contributed by atoms with E-state index in [0.29, 0.717) is 6.42 Å². The number of carbonyl (C=O) groups excluding carboxylic acids is 1. The molecular weight excluding hydrogens is 651 g/mol. The molecule has 314 valence electrons. The molecule has 3 N–H and O–H groups in total. The van der Waals surface area contributed by atoms with E-state index < -0.39 is 12.1 Å². The highest BCUT2D eigenvalue weighted by Crippen LogP contribution is 2.17. The zero-order chi connectivity index (χ0) is 38.6. The topological polar surface area (TPSA) is 69.6 Å². The molecule has 0 spiro atoms. The summed E-state index contributed by atoms with van der Waals surface area (Å²) in [5.74, 6) is -0.0742. The summed E-state index contributed by atoms with van der Waals surface area (Å²) >= 11 is 0. The number of aliphatic hydroxyl groups is 2. The zero-order valence-corrected chi connectivity index (χ0v) is 36.1. The molecule has 0 heterocycles. The van der Waals surface area contributed by atoms with Gasteiger partial charge in [-0.25, -0.2) is 0 Å². The molecule has 0 aliphatic rings. The fraction of sp³-hybridized carbons (Fsp3) is 0.898. The minimum atomic E-state index is -0.855. The quantitative estimate of drug-likeness (QED) is 0.0430. The van der Waals surface area contributed by atoms with Gasteiger partial charge >= 0.3 is 0 Å². The van der Waals surface area contributed by atoms with Crippen molar-refractivity contribution in [3.63, 3.8) is 0 Å². The van der Waals surface area contributed by atoms with Gasteiger partial charge in [-0.1, -0.05) is 256 Å². The molecule has 0 saturated heterocycles. The molecule has 0 aliphatic carbocycles. The van der Waals surface area contributed by atoms with Gasteiger partial charge in [0, 0.05) is 6.42 Å². The molecule has 0 aromatic carbocycles. The second kappa shape index (κ2) is 45.3. The molecule has 0 aromatic heterocycles. The number of hydrogen-bond donors (Lipinski definition) is 3. The first-order valence-electron chi connectivity index (χ1n) is 24.1. The number of rotatable bonds is 44. The predicted molar refractivity (Wildman–Crippen MR) is 235 cm³/mol. The summed E-state index contributed by atoms with van der Waals surface area (Å²) < 4.78 is 0. The molecule has 0 saturated carbocycles. The van der Waals surface area contributed by atoms with Crippen LogP contribution in [0.5, 0.6) is 0 Å². The van der Waals surface area contributed by atoms with E-state index in [9.17, 15) is 15.0 Å². The Morgan fingerprint density at radius 1 is 0.434 bits per heavy atom. The first-order chi connectivity index (χ1) is 26.2. The maximum Gasteiger partial charge on any atom is 0.220 e. The number of unbranched alkanes of at least 4 members (excludes halogenated alkanes) is 35. The molecule has 0 bridgehead atoms. The van der Waals surface area contributed by atoms with Crippen LogP contribution in [0.3, 0.4) is 0 Å². The molecule has 1 amide bonds. The van der Waals surface area contributed by atoms with Gasteiger partial charge in [0.2, 0.25) is 5.91 Å². The van der Waals surface area contributed by atoms with Crippen LogP contribution in [-0.2, 0) is 4.79 Å². The second-order valence-electron chi connectivity index (χ2n) is 16.5. The zero-order valence-electron chi connectivity index (χ0n) is 36.1. The number of aliphatic hydroxyl groups excluding tert-OH is 2. The van der Waals surface area contributed by atoms with Crippen molar-refractivity contribution in [1.82, 2.24) is 5.32 Å². The Morgan fingerprint density at radius 3 is 1.06 bits per heavy atom. The van der Waals surface area contributed by atoms with Crippen LogP contribution in [0.4, 0.5) is 0 Å². The average molecular weight is 746 g/mol. The Hall–Kier alpha value is -1.13. The standard InChI is InChI=1S/C49H95NO3/c1-3-5-7-9-11-12-13-14-15-16-17-18-19-20-21-22-23-24-25-26-27-28-29-30-31-32-33-34-35-36-37-39-41-43-45-49(53)50-47(46-51)48(52)44-42-40-38-10-8-6-4-2/h8,10,42,44,47-48,51-52H,3-7,9,11-41,43,45-46H2,1-2H3,(H,50,53)/b10-8+,44-42+. The van der Waals surface area contributed by atoms with Crippen molar-refractivity contribution in [2.45, 2.75) is 276 Å². The minimum absolute atomic E-state index is 0.0742. The van der Waals surface area contributed by atoms with Gasteiger partial charge in [-0.05, 0) is 25.7 Å². The summed E-state index contributed by atoms with van der Waals surface area (Å²) in [6.07, 6.45) is 59.3. The highest BCUT2D eigenvalue weighted by atomic mass is 16.3. The van der Waals surface area contributed by atoms with Crippen LogP contribution in [0.25, 0.3) is 0 Å². The number of amides is 1. The lowest BCUT2D eigenvalue weighted by atomic mass is 10.0. The van der Waals surface area contributed by atoms with E-state index in [0.717, 1.165) is 38.5 Å². The van der Waals surface area contributed by atoms with Gasteiger partial charge in [-0.2, -0.15) is 0 Å². The van der Waals surface area contributed by atoms with E-state index in [1.165, 1.54) is 205 Å². The van der Waals surface area contributed by atoms with Gasteiger partial charge in [0.05, 0.1) is 18.8 Å². The molecule has 2 atom stereocenters. The van der Waals surface area contributed by atoms with Crippen molar-refractivity contribution in [2.75, 3.05) is 6.61 Å². The van der Waals surface area contributed by atoms with Crippen molar-refractivity contribution in [1.29, 1.82) is 0 Å². The summed E-state index contributed by atoms with van der Waals surface area (Å²) in [4.78, 5) is 12.3. The SMILES string of the molecule is CCC/C=C/CC/C=C/C(O)C(CO)NC(=O)CCCCCCCCCCCCCCCCCCCCCCCCCCCCCCCCCCCC. The third kappa shape index (κ3) is 41.9. The number of allylic oxidation sites excluding steroid dienone is 3. The van der Waals surface area contributed by atoms with E-state index in [-0.39, 0.29) is 12.5 Å². The monoisotopic (exact) mass is 746 g/mol. The van der Waals surface area contributed by atoms with Crippen molar-refractivity contribution < 1.29 is 15.0 Å². The molecule has 53 heavy (non-hydrogen) atoms. The van der Waals surface area contributed by atoms with Gasteiger partial charge in [-0.15, -0.1) is 0 Å². The second-order valence-corrected chi connectivity index (χ2v) is 16.5. The summed E-state index contributed by atoms with van der Waals surface area (Å²) in [5.41, 5.74) is 0. The minimum Gasteiger partial charge on any atom is -0.394 e. The fourth-order valence-electron chi connectivity index (χ4n) is 7.50. The van der Waals surface area contributed by atoms with Crippen LogP contribution in [-0.4, -0.2) is 34.9 Å². The molecule has 0 rings (SSSR count). The van der Waals surface area contributed by atoms with Crippen molar-refractivity contribution in [3.05, 3.63) is 24.3 Å². The molecule has 4 nitrogen and oxygen atoms in total. The Balaban J connectivity index is 3.32. The Kier molecular flexibility index (Phi) is 44.3. The summed E-state index contributed by atoms with van der Waals surface area (Å²) in [6, 6.07) is -0.632. The normalized spacial score (nSPS) is 13.1. The van der Waals surface area contributed by atoms with Crippen LogP contribution in [0.15, 0.2) is 24.3 Å². The summed E-state index contributed by atoms with van der Waals surface area (Å²) in [6.45, 7) is 4.21. The van der Waals surface area contributed by atoms with Gasteiger partial charge in [0.1, 0.15) is 0 Å². The van der Waals surface area contributed by atoms with Gasteiger partial charge in [0.15, 0.2) is 0 Å². The van der Waals surface area contributed by atoms with Crippen LogP contribution >= 0.6 is 0 Å². The summed E-state index contributed by atoms with van der Waals surface area (Å²) in [5, 5.41) is 22.7. The van der Waals surface area contributed by atoms with E-state index in [1.807, 2.05) is 6.08 Å². The lowest BCUT2D eigenvalue weighted by Gasteiger charge is -2.19. The first kappa shape index (κ1) is 51.9. The van der Waals surface area contributed by atoms with E-state index in [4.69, 9.17) is 0 Å². The van der Waals surface area contributed by atoms with Crippen molar-refractivity contribution in [3.8, 4) is 0 Å². The molecule has 0 radical (unpaired) electrons. The lowest BCUT2D eigenvalue weighted by molar-refractivity contribution is -0.123. The number of carbonyl (C=O) groups is 1. The van der Waals surface area contributed by atoms with E-state index in [2.05, 4.69) is 31.3 Å². The maximum absolute atomic E-state index is 12.3. The molecule has 0 fully saturated rings. The van der Waals surface area contributed by atoms with Crippen LogP contribution in [0, 0.1) is 0 Å². The van der Waals surface area contributed by atoms with E-state index in [1.54, 1.807) is 6.08 Å². The van der Waals surface area contributed by atoms with Crippen LogP contribution in [0.1, 0.15) is 264 Å². The van der Waals surface area contributed by atoms with Gasteiger partial charge < -0.3 is 15.5 Å². The largest absolute Gasteiger partial charge is 0.394 e. The third-order valence-electron chi connectivity index (χ3n) is 11.2. The number of hydrogen-bond acceptors (Lipinski definition) is 3. The Bertz CT molecular complexity index is 765. The highest BCUT2D eigenvalue weighted by Gasteiger charge is 2.17. The average Bonchev–Trinajstić information content (AvgIpc) is 3.16. The Morgan fingerprint density at radius 2 is 0.736 bits per heavy atom. The van der Waals surface area contributed by atoms with Crippen molar-refractivity contribution >= 4 is 5.91 Å². The fourth-order valence-corrected chi connectivity index (χ4v) is 7.50. The van der Waals surface area contributed by atoms with Gasteiger partial charge in [-0.3, -0.25) is 4.79 Å². The van der Waals surface area contributed by atoms with Crippen LogP contribution < -0.4 is 5.32 Å². The maximum atomic E-state index is 12.3.